The van der Waals surface area contributed by atoms with Crippen LogP contribution in [0.4, 0.5) is 14.6 Å². The van der Waals surface area contributed by atoms with Crippen LogP contribution in [0.3, 0.4) is 0 Å². The summed E-state index contributed by atoms with van der Waals surface area (Å²) in [5, 5.41) is 29.1. The average Bonchev–Trinajstić information content (AvgIpc) is 3.35. The van der Waals surface area contributed by atoms with E-state index in [4.69, 9.17) is 11.6 Å². The monoisotopic (exact) mass is 583 g/mol. The van der Waals surface area contributed by atoms with Crippen molar-refractivity contribution in [2.24, 2.45) is 7.05 Å². The van der Waals surface area contributed by atoms with Crippen LogP contribution in [0.15, 0.2) is 41.4 Å². The number of pyridine rings is 2. The van der Waals surface area contributed by atoms with Gasteiger partial charge in [-0.1, -0.05) is 11.6 Å². The van der Waals surface area contributed by atoms with Crippen molar-refractivity contribution >= 4 is 33.3 Å². The molecule has 0 aliphatic rings. The van der Waals surface area contributed by atoms with Crippen LogP contribution in [-0.4, -0.2) is 39.6 Å². The van der Waals surface area contributed by atoms with Gasteiger partial charge in [-0.15, -0.1) is 0 Å². The van der Waals surface area contributed by atoms with Gasteiger partial charge in [-0.05, 0) is 45.8 Å². The number of nitrogens with zero attached hydrogens (tertiary/aromatic N) is 7. The smallest absolute Gasteiger partial charge is 0.389 e. The Labute approximate surface area is 217 Å². The summed E-state index contributed by atoms with van der Waals surface area (Å²) in [6, 6.07) is 2.28. The largest absolute Gasteiger partial charge is 0.399 e. The molecule has 0 aliphatic heterocycles. The summed E-state index contributed by atoms with van der Waals surface area (Å²) in [7, 11) is 1.80. The molecule has 0 radical (unpaired) electrons. The predicted octanol–water partition coefficient (Wildman–Crippen LogP) is 5.03. The van der Waals surface area contributed by atoms with Gasteiger partial charge >= 0.3 is 5.82 Å². The van der Waals surface area contributed by atoms with Crippen molar-refractivity contribution in [2.45, 2.75) is 32.9 Å². The van der Waals surface area contributed by atoms with Crippen LogP contribution in [0.25, 0.3) is 11.4 Å². The summed E-state index contributed by atoms with van der Waals surface area (Å²) >= 11 is 9.14. The second kappa shape index (κ2) is 11.6. The van der Waals surface area contributed by atoms with Crippen molar-refractivity contribution in [3.8, 4) is 11.4 Å². The number of halogens is 4. The maximum Gasteiger partial charge on any atom is 0.399 e. The van der Waals surface area contributed by atoms with Crippen LogP contribution in [0.5, 0.6) is 0 Å². The van der Waals surface area contributed by atoms with Gasteiger partial charge < -0.3 is 15.2 Å². The molecule has 36 heavy (non-hydrogen) atoms. The minimum absolute atomic E-state index is 0.376. The van der Waals surface area contributed by atoms with E-state index in [0.717, 1.165) is 29.9 Å². The molecule has 10 nitrogen and oxygen atoms in total. The van der Waals surface area contributed by atoms with Gasteiger partial charge in [0.2, 0.25) is 5.82 Å². The second-order valence-corrected chi connectivity index (χ2v) is 8.91. The molecule has 0 amide bonds. The lowest BCUT2D eigenvalue weighted by atomic mass is 10.0. The van der Waals surface area contributed by atoms with E-state index in [1.165, 1.54) is 12.3 Å². The molecule has 190 valence electrons. The molecule has 14 heteroatoms. The number of rotatable bonds is 6. The van der Waals surface area contributed by atoms with Crippen LogP contribution in [0.1, 0.15) is 36.6 Å². The van der Waals surface area contributed by atoms with Crippen molar-refractivity contribution < 1.29 is 18.8 Å². The Hall–Kier alpha value is -3.29. The summed E-state index contributed by atoms with van der Waals surface area (Å²) in [6.45, 7) is 4.29. The molecule has 4 aromatic heterocycles. The Morgan fingerprint density at radius 3 is 2.47 bits per heavy atom. The Morgan fingerprint density at radius 2 is 1.89 bits per heavy atom. The van der Waals surface area contributed by atoms with E-state index < -0.39 is 28.5 Å². The zero-order valence-corrected chi connectivity index (χ0v) is 21.7. The highest BCUT2D eigenvalue weighted by Gasteiger charge is 2.20. The molecule has 1 atom stereocenters. The zero-order valence-electron chi connectivity index (χ0n) is 19.4. The SMILES string of the molecule is CCn1cc(Cc2cn(C)nc2-c2ncc(F)cc2C(C)O)c(Cl)n1.O=[N+]([O-])c1ncc(Br)cc1F. The molecule has 4 heterocycles. The molecule has 0 aromatic carbocycles. The summed E-state index contributed by atoms with van der Waals surface area (Å²) < 4.78 is 29.9. The number of hydrogen-bond donors (Lipinski definition) is 1. The van der Waals surface area contributed by atoms with Crippen molar-refractivity contribution in [1.82, 2.24) is 29.5 Å². The molecule has 1 N–H and O–H groups in total. The number of aliphatic hydroxyl groups excluding tert-OH is 1. The van der Waals surface area contributed by atoms with E-state index in [-0.39, 0.29) is 0 Å². The van der Waals surface area contributed by atoms with E-state index >= 15 is 0 Å². The van der Waals surface area contributed by atoms with Gasteiger partial charge in [0, 0.05) is 55.2 Å². The standard InChI is InChI=1S/C17H19ClFN5O.C5H2BrFN2O2/c1-4-24-9-12(17(18)22-24)5-11-8-23(3)21-15(11)16-14(10(2)25)6-13(19)7-20-16;6-3-1-4(7)5(8-2-3)9(10)11/h6-10,25H,4-5H2,1-3H3;1-2H. The van der Waals surface area contributed by atoms with E-state index in [1.54, 1.807) is 23.3 Å². The van der Waals surface area contributed by atoms with Gasteiger partial charge in [-0.25, -0.2) is 4.39 Å². The third-order valence-electron chi connectivity index (χ3n) is 4.92. The Bertz CT molecular complexity index is 1390. The lowest BCUT2D eigenvalue weighted by Crippen LogP contribution is -2.01. The summed E-state index contributed by atoms with van der Waals surface area (Å²) in [6.07, 6.45) is 5.71. The second-order valence-electron chi connectivity index (χ2n) is 7.64. The van der Waals surface area contributed by atoms with Crippen LogP contribution in [0.2, 0.25) is 5.15 Å². The fraction of sp³-hybridized carbons (Fsp3) is 0.273. The first-order valence-electron chi connectivity index (χ1n) is 10.5. The number of nitro groups is 1. The molecule has 0 saturated heterocycles. The van der Waals surface area contributed by atoms with Crippen LogP contribution in [0, 0.1) is 21.7 Å². The minimum atomic E-state index is -0.940. The van der Waals surface area contributed by atoms with Gasteiger partial charge in [0.15, 0.2) is 11.3 Å². The predicted molar refractivity (Wildman–Crippen MR) is 131 cm³/mol. The first kappa shape index (κ1) is 27.3. The molecule has 4 rings (SSSR count). The van der Waals surface area contributed by atoms with Crippen molar-refractivity contribution in [3.63, 3.8) is 0 Å². The molecular formula is C22H21BrClF2N7O3. The number of aromatic nitrogens is 6. The Kier molecular flexibility index (Phi) is 8.82. The topological polar surface area (TPSA) is 125 Å². The number of aryl methyl sites for hydroxylation is 2. The summed E-state index contributed by atoms with van der Waals surface area (Å²) in [5.41, 5.74) is 3.21. The van der Waals surface area contributed by atoms with E-state index in [1.807, 2.05) is 19.3 Å². The maximum absolute atomic E-state index is 13.5. The molecule has 0 bridgehead atoms. The van der Waals surface area contributed by atoms with E-state index in [0.29, 0.717) is 33.0 Å². The molecule has 4 aromatic rings. The number of aliphatic hydroxyl groups is 1. The van der Waals surface area contributed by atoms with Crippen molar-refractivity contribution in [2.75, 3.05) is 0 Å². The molecule has 1 unspecified atom stereocenters. The molecule has 0 fully saturated rings. The number of hydrogen-bond acceptors (Lipinski definition) is 7. The minimum Gasteiger partial charge on any atom is -0.389 e. The molecule has 0 spiro atoms. The molecule has 0 saturated carbocycles. The van der Waals surface area contributed by atoms with Gasteiger partial charge in [0.1, 0.15) is 11.5 Å². The van der Waals surface area contributed by atoms with Gasteiger partial charge in [0.25, 0.3) is 0 Å². The zero-order chi connectivity index (χ0) is 26.6. The van der Waals surface area contributed by atoms with Gasteiger partial charge in [-0.2, -0.15) is 14.6 Å². The van der Waals surface area contributed by atoms with E-state index in [2.05, 4.69) is 36.1 Å². The fourth-order valence-electron chi connectivity index (χ4n) is 3.30. The molecule has 0 aliphatic carbocycles. The van der Waals surface area contributed by atoms with E-state index in [9.17, 15) is 24.0 Å². The first-order valence-corrected chi connectivity index (χ1v) is 11.7. The summed E-state index contributed by atoms with van der Waals surface area (Å²) in [5.74, 6) is -2.19. The van der Waals surface area contributed by atoms with Crippen LogP contribution < -0.4 is 0 Å². The molecular weight excluding hydrogens is 564 g/mol. The highest BCUT2D eigenvalue weighted by molar-refractivity contribution is 9.10. The normalized spacial score (nSPS) is 11.7. The van der Waals surface area contributed by atoms with Gasteiger partial charge in [0.05, 0.1) is 22.5 Å². The third kappa shape index (κ3) is 6.47. The summed E-state index contributed by atoms with van der Waals surface area (Å²) in [4.78, 5) is 16.6. The van der Waals surface area contributed by atoms with Gasteiger partial charge in [-0.3, -0.25) is 14.3 Å². The Balaban J connectivity index is 0.000000275. The van der Waals surface area contributed by atoms with Crippen molar-refractivity contribution in [3.05, 3.63) is 85.0 Å². The maximum atomic E-state index is 13.5. The Morgan fingerprint density at radius 1 is 1.17 bits per heavy atom. The van der Waals surface area contributed by atoms with Crippen LogP contribution in [-0.2, 0) is 20.0 Å². The average molecular weight is 585 g/mol. The van der Waals surface area contributed by atoms with Crippen LogP contribution >= 0.6 is 27.5 Å². The first-order chi connectivity index (χ1) is 17.0. The highest BCUT2D eigenvalue weighted by atomic mass is 79.9. The lowest BCUT2D eigenvalue weighted by molar-refractivity contribution is -0.392. The quantitative estimate of drug-likeness (QED) is 0.249. The van der Waals surface area contributed by atoms with Crippen molar-refractivity contribution in [1.29, 1.82) is 0 Å². The lowest BCUT2D eigenvalue weighted by Gasteiger charge is -2.10. The fourth-order valence-corrected chi connectivity index (χ4v) is 3.82. The highest BCUT2D eigenvalue weighted by Crippen LogP contribution is 2.30. The third-order valence-corrected chi connectivity index (χ3v) is 5.67.